The van der Waals surface area contributed by atoms with Gasteiger partial charge in [-0.2, -0.15) is 5.26 Å². The van der Waals surface area contributed by atoms with Crippen molar-refractivity contribution < 1.29 is 9.53 Å². The molecule has 0 spiro atoms. The lowest BCUT2D eigenvalue weighted by molar-refractivity contribution is -0.121. The Balaban J connectivity index is 1.36. The molecular formula is C30H27N3O2S. The predicted octanol–water partition coefficient (Wildman–Crippen LogP) is 6.48. The number of thiazole rings is 1. The number of rotatable bonds is 7. The van der Waals surface area contributed by atoms with Crippen LogP contribution >= 0.6 is 11.3 Å². The SMILES string of the molecule is CC(C)Oc1ccc(-c2ncc(-c3cccc4c3CCC4NC(=O)Cc3ccccc3)s2)cc1C#N. The van der Waals surface area contributed by atoms with Gasteiger partial charge in [0.1, 0.15) is 16.8 Å². The van der Waals surface area contributed by atoms with Gasteiger partial charge < -0.3 is 10.1 Å². The number of nitrogens with one attached hydrogen (secondary N) is 1. The first-order chi connectivity index (χ1) is 17.5. The van der Waals surface area contributed by atoms with Gasteiger partial charge >= 0.3 is 0 Å². The number of hydrogen-bond acceptors (Lipinski definition) is 5. The molecule has 1 amide bonds. The lowest BCUT2D eigenvalue weighted by atomic mass is 10.0. The van der Waals surface area contributed by atoms with Crippen molar-refractivity contribution in [2.45, 2.75) is 45.3 Å². The molecule has 1 aliphatic rings. The molecular weight excluding hydrogens is 466 g/mol. The number of aromatic nitrogens is 1. The Kier molecular flexibility index (Phi) is 6.84. The summed E-state index contributed by atoms with van der Waals surface area (Å²) < 4.78 is 5.75. The number of hydrogen-bond donors (Lipinski definition) is 1. The zero-order chi connectivity index (χ0) is 25.1. The highest BCUT2D eigenvalue weighted by Gasteiger charge is 2.27. The molecule has 0 aliphatic heterocycles. The Hall–Kier alpha value is -3.95. The summed E-state index contributed by atoms with van der Waals surface area (Å²) in [6.07, 6.45) is 4.09. The van der Waals surface area contributed by atoms with Gasteiger partial charge in [0.05, 0.1) is 29.0 Å². The number of ether oxygens (including phenoxy) is 1. The van der Waals surface area contributed by atoms with Crippen molar-refractivity contribution in [3.8, 4) is 32.8 Å². The summed E-state index contributed by atoms with van der Waals surface area (Å²) in [6, 6.07) is 24.0. The summed E-state index contributed by atoms with van der Waals surface area (Å²) in [5.41, 5.74) is 6.05. The maximum atomic E-state index is 12.7. The maximum absolute atomic E-state index is 12.7. The third kappa shape index (κ3) is 5.02. The second kappa shape index (κ2) is 10.3. The number of nitriles is 1. The summed E-state index contributed by atoms with van der Waals surface area (Å²) in [5.74, 6) is 0.636. The summed E-state index contributed by atoms with van der Waals surface area (Å²) >= 11 is 1.61. The highest BCUT2D eigenvalue weighted by molar-refractivity contribution is 7.18. The van der Waals surface area contributed by atoms with Crippen LogP contribution in [0, 0.1) is 11.3 Å². The van der Waals surface area contributed by atoms with Crippen LogP contribution in [0.3, 0.4) is 0 Å². The van der Waals surface area contributed by atoms with Crippen LogP contribution in [0.5, 0.6) is 5.75 Å². The van der Waals surface area contributed by atoms with Gasteiger partial charge in [-0.15, -0.1) is 11.3 Å². The fourth-order valence-electron chi connectivity index (χ4n) is 4.70. The minimum absolute atomic E-state index is 0.00143. The Morgan fingerprint density at radius 2 is 2.00 bits per heavy atom. The highest BCUT2D eigenvalue weighted by atomic mass is 32.1. The standard InChI is InChI=1S/C30H27N3O2S/c1-19(2)35-27-14-11-21(16-22(27)17-31)30-32-18-28(36-30)25-10-6-9-24-23(25)12-13-26(24)33-29(34)15-20-7-4-3-5-8-20/h3-11,14,16,18-19,26H,12-13,15H2,1-2H3,(H,33,34). The molecule has 0 saturated carbocycles. The number of benzene rings is 3. The monoisotopic (exact) mass is 493 g/mol. The van der Waals surface area contributed by atoms with Gasteiger partial charge in [-0.05, 0) is 67.1 Å². The molecule has 0 radical (unpaired) electrons. The van der Waals surface area contributed by atoms with E-state index in [0.717, 1.165) is 39.4 Å². The zero-order valence-electron chi connectivity index (χ0n) is 20.3. The molecule has 4 aromatic rings. The van der Waals surface area contributed by atoms with Crippen LogP contribution in [0.25, 0.3) is 21.0 Å². The first kappa shape index (κ1) is 23.8. The number of fused-ring (bicyclic) bond motifs is 1. The Bertz CT molecular complexity index is 1440. The number of carbonyl (C=O) groups is 1. The van der Waals surface area contributed by atoms with Crippen LogP contribution in [0.15, 0.2) is 72.9 Å². The van der Waals surface area contributed by atoms with Crippen LogP contribution in [0.1, 0.15) is 48.6 Å². The molecule has 36 heavy (non-hydrogen) atoms. The van der Waals surface area contributed by atoms with E-state index < -0.39 is 0 Å². The summed E-state index contributed by atoms with van der Waals surface area (Å²) in [6.45, 7) is 3.89. The van der Waals surface area contributed by atoms with Crippen molar-refractivity contribution >= 4 is 17.2 Å². The molecule has 180 valence electrons. The zero-order valence-corrected chi connectivity index (χ0v) is 21.1. The largest absolute Gasteiger partial charge is 0.490 e. The lowest BCUT2D eigenvalue weighted by Crippen LogP contribution is -2.28. The Labute approximate surface area is 215 Å². The quantitative estimate of drug-likeness (QED) is 0.320. The van der Waals surface area contributed by atoms with E-state index in [4.69, 9.17) is 4.74 Å². The second-order valence-electron chi connectivity index (χ2n) is 9.21. The van der Waals surface area contributed by atoms with Gasteiger partial charge in [-0.1, -0.05) is 48.5 Å². The number of carbonyl (C=O) groups excluding carboxylic acids is 1. The second-order valence-corrected chi connectivity index (χ2v) is 10.2. The van der Waals surface area contributed by atoms with E-state index in [-0.39, 0.29) is 18.1 Å². The Morgan fingerprint density at radius 1 is 1.17 bits per heavy atom. The molecule has 0 saturated heterocycles. The molecule has 1 N–H and O–H groups in total. The third-order valence-corrected chi connectivity index (χ3v) is 7.37. The molecule has 1 atom stereocenters. The van der Waals surface area contributed by atoms with E-state index in [0.29, 0.717) is 17.7 Å². The molecule has 0 bridgehead atoms. The fraction of sp³-hybridized carbons (Fsp3) is 0.233. The molecule has 5 rings (SSSR count). The highest BCUT2D eigenvalue weighted by Crippen LogP contribution is 2.41. The van der Waals surface area contributed by atoms with Crippen molar-refractivity contribution in [3.05, 3.63) is 95.2 Å². The van der Waals surface area contributed by atoms with Gasteiger partial charge in [0.15, 0.2) is 0 Å². The van der Waals surface area contributed by atoms with E-state index in [2.05, 4.69) is 34.6 Å². The third-order valence-electron chi connectivity index (χ3n) is 6.29. The average Bonchev–Trinajstić information content (AvgIpc) is 3.52. The molecule has 5 nitrogen and oxygen atoms in total. The smallest absolute Gasteiger partial charge is 0.224 e. The van der Waals surface area contributed by atoms with Crippen molar-refractivity contribution in [3.63, 3.8) is 0 Å². The van der Waals surface area contributed by atoms with E-state index >= 15 is 0 Å². The van der Waals surface area contributed by atoms with E-state index in [1.165, 1.54) is 11.1 Å². The van der Waals surface area contributed by atoms with Gasteiger partial charge in [-0.25, -0.2) is 4.98 Å². The van der Waals surface area contributed by atoms with E-state index in [1.54, 1.807) is 11.3 Å². The average molecular weight is 494 g/mol. The van der Waals surface area contributed by atoms with Crippen LogP contribution in [0.2, 0.25) is 0 Å². The molecule has 3 aromatic carbocycles. The van der Waals surface area contributed by atoms with Gasteiger partial charge in [0.25, 0.3) is 0 Å². The fourth-order valence-corrected chi connectivity index (χ4v) is 5.67. The summed E-state index contributed by atoms with van der Waals surface area (Å²) in [4.78, 5) is 18.4. The molecule has 1 aromatic heterocycles. The van der Waals surface area contributed by atoms with Gasteiger partial charge in [0, 0.05) is 11.8 Å². The Morgan fingerprint density at radius 3 is 2.78 bits per heavy atom. The van der Waals surface area contributed by atoms with Crippen LogP contribution in [-0.4, -0.2) is 17.0 Å². The molecule has 0 fully saturated rings. The van der Waals surface area contributed by atoms with Gasteiger partial charge in [-0.3, -0.25) is 4.79 Å². The first-order valence-corrected chi connectivity index (χ1v) is 13.0. The molecule has 6 heteroatoms. The summed E-state index contributed by atoms with van der Waals surface area (Å²) in [5, 5.41) is 13.7. The molecule has 1 heterocycles. The number of amides is 1. The molecule has 1 aliphatic carbocycles. The molecule has 1 unspecified atom stereocenters. The normalized spacial score (nSPS) is 14.3. The minimum atomic E-state index is 0.00143. The number of nitrogens with zero attached hydrogens (tertiary/aromatic N) is 2. The van der Waals surface area contributed by atoms with Crippen molar-refractivity contribution in [1.29, 1.82) is 5.26 Å². The minimum Gasteiger partial charge on any atom is -0.490 e. The van der Waals surface area contributed by atoms with Crippen molar-refractivity contribution in [2.24, 2.45) is 0 Å². The van der Waals surface area contributed by atoms with E-state index in [1.807, 2.05) is 68.6 Å². The predicted molar refractivity (Wildman–Crippen MR) is 143 cm³/mol. The van der Waals surface area contributed by atoms with E-state index in [9.17, 15) is 10.1 Å². The summed E-state index contributed by atoms with van der Waals surface area (Å²) in [7, 11) is 0. The first-order valence-electron chi connectivity index (χ1n) is 12.1. The van der Waals surface area contributed by atoms with Crippen LogP contribution in [-0.2, 0) is 17.6 Å². The maximum Gasteiger partial charge on any atom is 0.224 e. The van der Waals surface area contributed by atoms with Crippen molar-refractivity contribution in [1.82, 2.24) is 10.3 Å². The van der Waals surface area contributed by atoms with Crippen molar-refractivity contribution in [2.75, 3.05) is 0 Å². The van der Waals surface area contributed by atoms with Crippen LogP contribution in [0.4, 0.5) is 0 Å². The van der Waals surface area contributed by atoms with Crippen LogP contribution < -0.4 is 10.1 Å². The van der Waals surface area contributed by atoms with Gasteiger partial charge in [0.2, 0.25) is 5.91 Å². The lowest BCUT2D eigenvalue weighted by Gasteiger charge is -2.15. The topological polar surface area (TPSA) is 75.0 Å².